The molecule has 0 amide bonds. The van der Waals surface area contributed by atoms with Crippen molar-refractivity contribution >= 4 is 0 Å². The molecule has 2 aliphatic rings. The molecule has 2 aliphatic heterocycles. The monoisotopic (exact) mass is 196 g/mol. The molecule has 14 heavy (non-hydrogen) atoms. The van der Waals surface area contributed by atoms with E-state index < -0.39 is 0 Å². The highest BCUT2D eigenvalue weighted by Gasteiger charge is 2.27. The van der Waals surface area contributed by atoms with E-state index in [1.54, 1.807) is 0 Å². The molecular formula is C12H24N2. The lowest BCUT2D eigenvalue weighted by molar-refractivity contribution is 0.278. The molecule has 0 radical (unpaired) electrons. The molecular weight excluding hydrogens is 172 g/mol. The van der Waals surface area contributed by atoms with Crippen LogP contribution in [-0.2, 0) is 0 Å². The minimum Gasteiger partial charge on any atom is -0.313 e. The van der Waals surface area contributed by atoms with Gasteiger partial charge in [-0.05, 0) is 44.2 Å². The second-order valence-electron chi connectivity index (χ2n) is 5.35. The predicted molar refractivity (Wildman–Crippen MR) is 60.4 cm³/mol. The van der Waals surface area contributed by atoms with Crippen LogP contribution in [0.1, 0.15) is 33.1 Å². The maximum absolute atomic E-state index is 3.59. The lowest BCUT2D eigenvalue weighted by Gasteiger charge is -2.21. The summed E-state index contributed by atoms with van der Waals surface area (Å²) >= 11 is 0. The van der Waals surface area contributed by atoms with Crippen LogP contribution < -0.4 is 5.32 Å². The van der Waals surface area contributed by atoms with Crippen molar-refractivity contribution in [3.05, 3.63) is 0 Å². The third kappa shape index (κ3) is 2.48. The van der Waals surface area contributed by atoms with Gasteiger partial charge in [0.05, 0.1) is 0 Å². The largest absolute Gasteiger partial charge is 0.313 e. The molecule has 0 bridgehead atoms. The van der Waals surface area contributed by atoms with E-state index in [2.05, 4.69) is 24.1 Å². The van der Waals surface area contributed by atoms with E-state index >= 15 is 0 Å². The Bertz CT molecular complexity index is 173. The van der Waals surface area contributed by atoms with Crippen molar-refractivity contribution in [3.8, 4) is 0 Å². The van der Waals surface area contributed by atoms with Crippen molar-refractivity contribution in [1.82, 2.24) is 10.2 Å². The third-order valence-corrected chi connectivity index (χ3v) is 3.89. The molecule has 0 aliphatic carbocycles. The first-order valence-corrected chi connectivity index (χ1v) is 6.21. The first-order chi connectivity index (χ1) is 6.75. The smallest absolute Gasteiger partial charge is 0.0195 e. The van der Waals surface area contributed by atoms with Crippen LogP contribution in [0.5, 0.6) is 0 Å². The van der Waals surface area contributed by atoms with Gasteiger partial charge in [-0.1, -0.05) is 13.8 Å². The van der Waals surface area contributed by atoms with E-state index in [1.165, 1.54) is 45.4 Å². The highest BCUT2D eigenvalue weighted by molar-refractivity contribution is 4.83. The van der Waals surface area contributed by atoms with Crippen molar-refractivity contribution in [2.45, 2.75) is 39.2 Å². The van der Waals surface area contributed by atoms with Gasteiger partial charge < -0.3 is 10.2 Å². The zero-order valence-electron chi connectivity index (χ0n) is 9.63. The molecule has 2 nitrogen and oxygen atoms in total. The number of hydrogen-bond donors (Lipinski definition) is 1. The predicted octanol–water partition coefficient (Wildman–Crippen LogP) is 1.72. The molecule has 82 valence electrons. The van der Waals surface area contributed by atoms with Crippen LogP contribution in [0.15, 0.2) is 0 Å². The van der Waals surface area contributed by atoms with E-state index in [4.69, 9.17) is 0 Å². The van der Waals surface area contributed by atoms with Gasteiger partial charge in [0, 0.05) is 19.1 Å². The molecule has 2 saturated heterocycles. The van der Waals surface area contributed by atoms with Gasteiger partial charge in [0.1, 0.15) is 0 Å². The van der Waals surface area contributed by atoms with Gasteiger partial charge in [0.15, 0.2) is 0 Å². The first kappa shape index (κ1) is 10.4. The van der Waals surface area contributed by atoms with Crippen LogP contribution in [0.2, 0.25) is 0 Å². The summed E-state index contributed by atoms with van der Waals surface area (Å²) in [6.07, 6.45) is 4.19. The molecule has 0 aromatic rings. The summed E-state index contributed by atoms with van der Waals surface area (Å²) < 4.78 is 0. The number of nitrogens with one attached hydrogen (secondary N) is 1. The highest BCUT2D eigenvalue weighted by atomic mass is 15.2. The molecule has 1 unspecified atom stereocenters. The molecule has 2 atom stereocenters. The van der Waals surface area contributed by atoms with Crippen molar-refractivity contribution < 1.29 is 0 Å². The van der Waals surface area contributed by atoms with E-state index in [9.17, 15) is 0 Å². The minimum absolute atomic E-state index is 0.793. The summed E-state index contributed by atoms with van der Waals surface area (Å²) in [5.74, 6) is 1.83. The van der Waals surface area contributed by atoms with Crippen LogP contribution in [0.3, 0.4) is 0 Å². The van der Waals surface area contributed by atoms with Crippen LogP contribution in [0.25, 0.3) is 0 Å². The molecule has 2 heterocycles. The number of hydrogen-bond acceptors (Lipinski definition) is 2. The maximum atomic E-state index is 3.59. The zero-order valence-corrected chi connectivity index (χ0v) is 9.63. The zero-order chi connectivity index (χ0) is 9.97. The van der Waals surface area contributed by atoms with Crippen LogP contribution >= 0.6 is 0 Å². The van der Waals surface area contributed by atoms with Crippen LogP contribution in [-0.4, -0.2) is 37.1 Å². The van der Waals surface area contributed by atoms with E-state index in [-0.39, 0.29) is 0 Å². The third-order valence-electron chi connectivity index (χ3n) is 3.89. The Balaban J connectivity index is 1.72. The fraction of sp³-hybridized carbons (Fsp3) is 1.00. The minimum atomic E-state index is 0.793. The summed E-state index contributed by atoms with van der Waals surface area (Å²) in [6, 6.07) is 0.793. The first-order valence-electron chi connectivity index (χ1n) is 6.21. The average molecular weight is 196 g/mol. The molecule has 2 rings (SSSR count). The fourth-order valence-electron chi connectivity index (χ4n) is 2.80. The Morgan fingerprint density at radius 1 is 1.36 bits per heavy atom. The SMILES string of the molecule is CC(C)C1CCN(C[C@H]2CCCN2)C1. The second-order valence-corrected chi connectivity index (χ2v) is 5.35. The van der Waals surface area contributed by atoms with Crippen LogP contribution in [0, 0.1) is 11.8 Å². The van der Waals surface area contributed by atoms with E-state index in [1.807, 2.05) is 0 Å². The quantitative estimate of drug-likeness (QED) is 0.739. The van der Waals surface area contributed by atoms with Gasteiger partial charge in [-0.2, -0.15) is 0 Å². The van der Waals surface area contributed by atoms with Gasteiger partial charge in [-0.3, -0.25) is 0 Å². The Hall–Kier alpha value is -0.0800. The van der Waals surface area contributed by atoms with Gasteiger partial charge in [0.25, 0.3) is 0 Å². The van der Waals surface area contributed by atoms with Gasteiger partial charge in [-0.15, -0.1) is 0 Å². The van der Waals surface area contributed by atoms with Crippen molar-refractivity contribution in [1.29, 1.82) is 0 Å². The molecule has 1 N–H and O–H groups in total. The Morgan fingerprint density at radius 2 is 2.21 bits per heavy atom. The topological polar surface area (TPSA) is 15.3 Å². The average Bonchev–Trinajstić information content (AvgIpc) is 2.75. The number of nitrogens with zero attached hydrogens (tertiary/aromatic N) is 1. The molecule has 0 spiro atoms. The number of likely N-dealkylation sites (tertiary alicyclic amines) is 1. The molecule has 2 heteroatoms. The maximum Gasteiger partial charge on any atom is 0.0195 e. The van der Waals surface area contributed by atoms with Crippen LogP contribution in [0.4, 0.5) is 0 Å². The Kier molecular flexibility index (Phi) is 3.45. The van der Waals surface area contributed by atoms with E-state index in [0.29, 0.717) is 0 Å². The summed E-state index contributed by atoms with van der Waals surface area (Å²) in [5, 5.41) is 3.59. The Morgan fingerprint density at radius 3 is 2.79 bits per heavy atom. The van der Waals surface area contributed by atoms with Gasteiger partial charge >= 0.3 is 0 Å². The summed E-state index contributed by atoms with van der Waals surface area (Å²) in [6.45, 7) is 9.94. The van der Waals surface area contributed by atoms with Gasteiger partial charge in [-0.25, -0.2) is 0 Å². The standard InChI is InChI=1S/C12H24N2/c1-10(2)11-5-7-14(8-11)9-12-4-3-6-13-12/h10-13H,3-9H2,1-2H3/t11?,12-/m1/s1. The molecule has 0 saturated carbocycles. The molecule has 0 aromatic heterocycles. The number of rotatable bonds is 3. The highest BCUT2D eigenvalue weighted by Crippen LogP contribution is 2.24. The molecule has 0 aromatic carbocycles. The molecule has 2 fully saturated rings. The lowest BCUT2D eigenvalue weighted by Crippen LogP contribution is -2.36. The fourth-order valence-corrected chi connectivity index (χ4v) is 2.80. The summed E-state index contributed by atoms with van der Waals surface area (Å²) in [4.78, 5) is 2.66. The second kappa shape index (κ2) is 4.63. The van der Waals surface area contributed by atoms with Crippen molar-refractivity contribution in [2.24, 2.45) is 11.8 Å². The van der Waals surface area contributed by atoms with Gasteiger partial charge in [0.2, 0.25) is 0 Å². The lowest BCUT2D eigenvalue weighted by atomic mass is 9.95. The normalized spacial score (nSPS) is 34.5. The summed E-state index contributed by atoms with van der Waals surface area (Å²) in [7, 11) is 0. The Labute approximate surface area is 88.1 Å². The van der Waals surface area contributed by atoms with Crippen molar-refractivity contribution in [3.63, 3.8) is 0 Å². The van der Waals surface area contributed by atoms with E-state index in [0.717, 1.165) is 17.9 Å². The summed E-state index contributed by atoms with van der Waals surface area (Å²) in [5.41, 5.74) is 0. The van der Waals surface area contributed by atoms with Crippen molar-refractivity contribution in [2.75, 3.05) is 26.2 Å².